The molecule has 0 amide bonds. The molecule has 1 aliphatic carbocycles. The fraction of sp³-hybridized carbons (Fsp3) is 0.688. The maximum Gasteiger partial charge on any atom is 0.417 e. The molecule has 1 aromatic heterocycles. The number of aliphatic hydroxyl groups excluding tert-OH is 2. The summed E-state index contributed by atoms with van der Waals surface area (Å²) in [5, 5.41) is 23.0. The summed E-state index contributed by atoms with van der Waals surface area (Å²) in [7, 11) is 0. The maximum atomic E-state index is 12.5. The van der Waals surface area contributed by atoms with Gasteiger partial charge in [0.2, 0.25) is 5.88 Å². The summed E-state index contributed by atoms with van der Waals surface area (Å²) in [5.41, 5.74) is -1.33. The summed E-state index contributed by atoms with van der Waals surface area (Å²) < 4.78 is 43.1. The second-order valence-corrected chi connectivity index (χ2v) is 6.75. The van der Waals surface area contributed by atoms with E-state index in [0.29, 0.717) is 19.4 Å². The van der Waals surface area contributed by atoms with Crippen LogP contribution in [0.2, 0.25) is 0 Å². The van der Waals surface area contributed by atoms with Crippen LogP contribution in [0.25, 0.3) is 0 Å². The van der Waals surface area contributed by atoms with Crippen molar-refractivity contribution in [3.63, 3.8) is 0 Å². The zero-order chi connectivity index (χ0) is 18.0. The van der Waals surface area contributed by atoms with Crippen molar-refractivity contribution in [3.8, 4) is 5.88 Å². The Labute approximate surface area is 163 Å². The molecule has 5 nitrogen and oxygen atoms in total. The smallest absolute Gasteiger partial charge is 0.417 e. The number of aromatic nitrogens is 1. The van der Waals surface area contributed by atoms with Crippen LogP contribution < -0.4 is 10.1 Å². The lowest BCUT2D eigenvalue weighted by Crippen LogP contribution is -2.40. The van der Waals surface area contributed by atoms with Gasteiger partial charge >= 0.3 is 6.18 Å². The number of hydrogen-bond acceptors (Lipinski definition) is 5. The lowest BCUT2D eigenvalue weighted by molar-refractivity contribution is -0.137. The van der Waals surface area contributed by atoms with Gasteiger partial charge in [-0.1, -0.05) is 13.8 Å². The number of aliphatic hydroxyl groups is 2. The van der Waals surface area contributed by atoms with Gasteiger partial charge < -0.3 is 20.3 Å². The first-order valence-corrected chi connectivity index (χ1v) is 7.87. The Balaban J connectivity index is 0.00000312. The molecule has 1 fully saturated rings. The first kappa shape index (κ1) is 25.2. The Bertz CT molecular complexity index is 535. The predicted octanol–water partition coefficient (Wildman–Crippen LogP) is 2.82. The zero-order valence-electron chi connectivity index (χ0n) is 14.5. The first-order chi connectivity index (χ1) is 11.1. The number of nitrogens with one attached hydrogen (secondary N) is 1. The second kappa shape index (κ2) is 9.94. The molecule has 1 aliphatic rings. The van der Waals surface area contributed by atoms with Crippen LogP contribution >= 0.6 is 24.8 Å². The molecule has 3 atom stereocenters. The highest BCUT2D eigenvalue weighted by atomic mass is 35.5. The summed E-state index contributed by atoms with van der Waals surface area (Å²) in [6, 6.07) is 2.31. The Morgan fingerprint density at radius 2 is 1.81 bits per heavy atom. The van der Waals surface area contributed by atoms with Crippen LogP contribution in [-0.4, -0.2) is 46.6 Å². The highest BCUT2D eigenvalue weighted by Crippen LogP contribution is 2.39. The molecule has 0 spiro atoms. The summed E-state index contributed by atoms with van der Waals surface area (Å²) in [6.45, 7) is 4.64. The third-order valence-electron chi connectivity index (χ3n) is 4.20. The van der Waals surface area contributed by atoms with Gasteiger partial charge in [0.15, 0.2) is 0 Å². The highest BCUT2D eigenvalue weighted by molar-refractivity contribution is 5.85. The quantitative estimate of drug-likeness (QED) is 0.659. The first-order valence-electron chi connectivity index (χ1n) is 7.87. The van der Waals surface area contributed by atoms with Gasteiger partial charge in [-0.05, 0) is 18.9 Å². The molecule has 1 saturated carbocycles. The van der Waals surface area contributed by atoms with Crippen LogP contribution in [0, 0.1) is 5.41 Å². The van der Waals surface area contributed by atoms with Crippen LogP contribution in [0.15, 0.2) is 18.3 Å². The number of alkyl halides is 3. The van der Waals surface area contributed by atoms with E-state index >= 15 is 0 Å². The van der Waals surface area contributed by atoms with E-state index in [9.17, 15) is 23.4 Å². The van der Waals surface area contributed by atoms with Gasteiger partial charge in [0, 0.05) is 30.3 Å². The van der Waals surface area contributed by atoms with Gasteiger partial charge in [-0.15, -0.1) is 24.8 Å². The van der Waals surface area contributed by atoms with E-state index in [0.717, 1.165) is 12.3 Å². The van der Waals surface area contributed by atoms with Crippen molar-refractivity contribution in [2.24, 2.45) is 5.41 Å². The average molecular weight is 421 g/mol. The zero-order valence-corrected chi connectivity index (χ0v) is 16.1. The minimum Gasteiger partial charge on any atom is -0.477 e. The minimum absolute atomic E-state index is 0. The van der Waals surface area contributed by atoms with E-state index in [1.807, 2.05) is 13.8 Å². The Morgan fingerprint density at radius 3 is 2.23 bits per heavy atom. The van der Waals surface area contributed by atoms with Crippen molar-refractivity contribution >= 4 is 24.8 Å². The predicted molar refractivity (Wildman–Crippen MR) is 96.0 cm³/mol. The Kier molecular flexibility index (Phi) is 9.63. The molecule has 1 heterocycles. The molecule has 0 aliphatic heterocycles. The number of halogens is 5. The molecule has 0 saturated heterocycles. The molecule has 1 aromatic rings. The van der Waals surface area contributed by atoms with Crippen molar-refractivity contribution in [2.75, 3.05) is 13.2 Å². The molecule has 2 rings (SSSR count). The summed E-state index contributed by atoms with van der Waals surface area (Å²) in [6.07, 6.45) is -4.66. The molecule has 0 radical (unpaired) electrons. The number of hydrogen-bond donors (Lipinski definition) is 3. The molecule has 10 heteroatoms. The third-order valence-corrected chi connectivity index (χ3v) is 4.20. The molecule has 1 unspecified atom stereocenters. The number of pyridine rings is 1. The fourth-order valence-corrected chi connectivity index (χ4v) is 2.84. The monoisotopic (exact) mass is 420 g/mol. The third kappa shape index (κ3) is 6.74. The highest BCUT2D eigenvalue weighted by Gasteiger charge is 2.44. The van der Waals surface area contributed by atoms with Gasteiger partial charge in [-0.3, -0.25) is 0 Å². The summed E-state index contributed by atoms with van der Waals surface area (Å²) in [4.78, 5) is 3.68. The molecule has 26 heavy (non-hydrogen) atoms. The SMILES string of the molecule is CC(C)NCC1(COc2ccc(C(F)(F)F)cn2)C[C@@H](O)[C@@H](O)C1.Cl.Cl. The number of nitrogens with zero attached hydrogens (tertiary/aromatic N) is 1. The normalized spacial score (nSPS) is 25.5. The van der Waals surface area contributed by atoms with Crippen molar-refractivity contribution in [2.45, 2.75) is 51.1 Å². The fourth-order valence-electron chi connectivity index (χ4n) is 2.84. The van der Waals surface area contributed by atoms with E-state index in [4.69, 9.17) is 4.74 Å². The van der Waals surface area contributed by atoms with Crippen LogP contribution in [0.1, 0.15) is 32.3 Å². The average Bonchev–Trinajstić information content (AvgIpc) is 2.78. The molecule has 152 valence electrons. The van der Waals surface area contributed by atoms with E-state index < -0.39 is 29.4 Å². The largest absolute Gasteiger partial charge is 0.477 e. The number of ether oxygens (including phenoxy) is 1. The van der Waals surface area contributed by atoms with Gasteiger partial charge in [-0.2, -0.15) is 13.2 Å². The van der Waals surface area contributed by atoms with Gasteiger partial charge in [0.25, 0.3) is 0 Å². The van der Waals surface area contributed by atoms with Crippen LogP contribution in [0.5, 0.6) is 5.88 Å². The molecule has 3 N–H and O–H groups in total. The summed E-state index contributed by atoms with van der Waals surface area (Å²) in [5.74, 6) is 0.0859. The lowest BCUT2D eigenvalue weighted by Gasteiger charge is -2.30. The minimum atomic E-state index is -4.44. The lowest BCUT2D eigenvalue weighted by atomic mass is 9.86. The van der Waals surface area contributed by atoms with Crippen LogP contribution in [0.4, 0.5) is 13.2 Å². The van der Waals surface area contributed by atoms with Crippen molar-refractivity contribution in [1.29, 1.82) is 0 Å². The second-order valence-electron chi connectivity index (χ2n) is 6.75. The van der Waals surface area contributed by atoms with Gasteiger partial charge in [0.05, 0.1) is 24.4 Å². The van der Waals surface area contributed by atoms with Crippen molar-refractivity contribution < 1.29 is 28.1 Å². The van der Waals surface area contributed by atoms with Gasteiger partial charge in [-0.25, -0.2) is 4.98 Å². The summed E-state index contributed by atoms with van der Waals surface area (Å²) >= 11 is 0. The molecular weight excluding hydrogens is 396 g/mol. The maximum absolute atomic E-state index is 12.5. The molecule has 0 aromatic carbocycles. The van der Waals surface area contributed by atoms with Gasteiger partial charge in [0.1, 0.15) is 0 Å². The standard InChI is InChI=1S/C16H23F3N2O3.2ClH/c1-10(2)21-8-15(5-12(22)13(23)6-15)9-24-14-4-3-11(7-20-14)16(17,18)19;;/h3-4,7,10,12-13,21-23H,5-6,8-9H2,1-2H3;2*1H/t12-,13+,15?;;. The van der Waals surface area contributed by atoms with Crippen molar-refractivity contribution in [1.82, 2.24) is 10.3 Å². The van der Waals surface area contributed by atoms with Crippen molar-refractivity contribution in [3.05, 3.63) is 23.9 Å². The number of rotatable bonds is 6. The van der Waals surface area contributed by atoms with Crippen LogP contribution in [0.3, 0.4) is 0 Å². The topological polar surface area (TPSA) is 74.6 Å². The van der Waals surface area contributed by atoms with Crippen LogP contribution in [-0.2, 0) is 6.18 Å². The van der Waals surface area contributed by atoms with E-state index in [2.05, 4.69) is 10.3 Å². The molecule has 0 bridgehead atoms. The Hall–Kier alpha value is -0.800. The van der Waals surface area contributed by atoms with E-state index in [-0.39, 0.29) is 43.3 Å². The Morgan fingerprint density at radius 1 is 1.23 bits per heavy atom. The molecular formula is C16H25Cl2F3N2O3. The van der Waals surface area contributed by atoms with E-state index in [1.165, 1.54) is 6.07 Å². The van der Waals surface area contributed by atoms with E-state index in [1.54, 1.807) is 0 Å².